The van der Waals surface area contributed by atoms with Crippen molar-refractivity contribution in [2.45, 2.75) is 50.8 Å². The molecule has 2 aromatic carbocycles. The lowest BCUT2D eigenvalue weighted by molar-refractivity contribution is -0.229. The summed E-state index contributed by atoms with van der Waals surface area (Å²) in [5, 5.41) is 5.24. The third-order valence-corrected chi connectivity index (χ3v) is 7.33. The molecule has 2 aliphatic carbocycles. The molecule has 0 saturated heterocycles. The lowest BCUT2D eigenvalue weighted by Crippen LogP contribution is -2.48. The predicted octanol–water partition coefficient (Wildman–Crippen LogP) is 4.34. The van der Waals surface area contributed by atoms with Crippen LogP contribution in [0.4, 0.5) is 5.69 Å². The van der Waals surface area contributed by atoms with Crippen LogP contribution < -0.4 is 11.1 Å². The number of guanidine groups is 1. The van der Waals surface area contributed by atoms with Crippen molar-refractivity contribution < 1.29 is 4.84 Å². The minimum atomic E-state index is -0.772. The number of nitrogens with zero attached hydrogens (tertiary/aromatic N) is 3. The number of hydrogen-bond acceptors (Lipinski definition) is 5. The quantitative estimate of drug-likeness (QED) is 0.732. The summed E-state index contributed by atoms with van der Waals surface area (Å²) < 4.78 is 0. The van der Waals surface area contributed by atoms with Gasteiger partial charge in [-0.1, -0.05) is 37.3 Å². The van der Waals surface area contributed by atoms with Gasteiger partial charge in [0.05, 0.1) is 6.57 Å². The molecular weight excluding hydrogens is 386 g/mol. The van der Waals surface area contributed by atoms with E-state index in [4.69, 9.17) is 22.1 Å². The SMILES string of the molecule is [C-]#[N+]c1cccc(-c2ccc3c(c2)C2(N=C(N)N(C)O2)C2(CCC(NCC)CC2)C3)c1. The molecule has 1 unspecified atom stereocenters. The minimum absolute atomic E-state index is 0.0897. The van der Waals surface area contributed by atoms with Crippen molar-refractivity contribution in [1.29, 1.82) is 0 Å². The van der Waals surface area contributed by atoms with Crippen LogP contribution in [0.15, 0.2) is 47.5 Å². The van der Waals surface area contributed by atoms with Gasteiger partial charge in [0.15, 0.2) is 5.69 Å². The molecule has 160 valence electrons. The smallest absolute Gasteiger partial charge is 0.220 e. The standard InChI is InChI=1S/C25H29N5O/c1-4-28-20-10-12-24(13-11-20)16-19-9-8-18(17-6-5-7-21(14-17)27-2)15-22(19)25(24)29-23(26)30(3)31-25/h5-9,14-15,20,28H,4,10-13,16H2,1,3H3,(H2,26,29). The van der Waals surface area contributed by atoms with E-state index in [1.54, 1.807) is 5.06 Å². The highest BCUT2D eigenvalue weighted by Gasteiger charge is 2.63. The Morgan fingerprint density at radius 2 is 2.00 bits per heavy atom. The first-order chi connectivity index (χ1) is 15.0. The molecule has 3 aliphatic rings. The number of benzene rings is 2. The van der Waals surface area contributed by atoms with E-state index in [0.717, 1.165) is 55.3 Å². The maximum Gasteiger partial charge on any atom is 0.220 e. The number of rotatable bonds is 3. The summed E-state index contributed by atoms with van der Waals surface area (Å²) in [6.45, 7) is 10.5. The molecule has 1 aliphatic heterocycles. The van der Waals surface area contributed by atoms with Crippen LogP contribution in [0.2, 0.25) is 0 Å². The molecule has 1 heterocycles. The lowest BCUT2D eigenvalue weighted by atomic mass is 9.66. The lowest BCUT2D eigenvalue weighted by Gasteiger charge is -2.45. The first kappa shape index (κ1) is 20.0. The fourth-order valence-electron chi connectivity index (χ4n) is 5.75. The Hall–Kier alpha value is -2.88. The third-order valence-electron chi connectivity index (χ3n) is 7.33. The summed E-state index contributed by atoms with van der Waals surface area (Å²) in [6, 6.07) is 14.9. The molecule has 0 bridgehead atoms. The number of nitrogens with two attached hydrogens (primary N) is 1. The average molecular weight is 416 g/mol. The van der Waals surface area contributed by atoms with Crippen LogP contribution >= 0.6 is 0 Å². The maximum atomic E-state index is 7.34. The molecule has 1 fully saturated rings. The summed E-state index contributed by atoms with van der Waals surface area (Å²) in [4.78, 5) is 15.1. The molecule has 6 nitrogen and oxygen atoms in total. The summed E-state index contributed by atoms with van der Waals surface area (Å²) in [5.74, 6) is 0.432. The highest BCUT2D eigenvalue weighted by molar-refractivity contribution is 5.79. The number of nitrogens with one attached hydrogen (secondary N) is 1. The van der Waals surface area contributed by atoms with Gasteiger partial charge in [-0.2, -0.15) is 0 Å². The molecule has 0 amide bonds. The Bertz CT molecular complexity index is 1080. The fraction of sp³-hybridized carbons (Fsp3) is 0.440. The minimum Gasteiger partial charge on any atom is -0.368 e. The van der Waals surface area contributed by atoms with Gasteiger partial charge in [-0.05, 0) is 67.5 Å². The van der Waals surface area contributed by atoms with Gasteiger partial charge in [0.25, 0.3) is 0 Å². The Kier molecular flexibility index (Phi) is 4.76. The molecular formula is C25H29N5O. The van der Waals surface area contributed by atoms with Gasteiger partial charge in [-0.3, -0.25) is 0 Å². The van der Waals surface area contributed by atoms with Crippen molar-refractivity contribution >= 4 is 11.6 Å². The largest absolute Gasteiger partial charge is 0.368 e. The van der Waals surface area contributed by atoms with E-state index in [1.165, 1.54) is 5.56 Å². The highest BCUT2D eigenvalue weighted by Crippen LogP contribution is 2.62. The summed E-state index contributed by atoms with van der Waals surface area (Å²) in [5.41, 5.74) is 10.5. The predicted molar refractivity (Wildman–Crippen MR) is 122 cm³/mol. The molecule has 5 rings (SSSR count). The van der Waals surface area contributed by atoms with Crippen molar-refractivity contribution in [2.75, 3.05) is 13.6 Å². The van der Waals surface area contributed by atoms with E-state index < -0.39 is 5.72 Å². The summed E-state index contributed by atoms with van der Waals surface area (Å²) >= 11 is 0. The van der Waals surface area contributed by atoms with E-state index in [0.29, 0.717) is 17.7 Å². The molecule has 1 atom stereocenters. The van der Waals surface area contributed by atoms with Crippen molar-refractivity contribution in [3.63, 3.8) is 0 Å². The van der Waals surface area contributed by atoms with Crippen LogP contribution in [0, 0.1) is 12.0 Å². The molecule has 31 heavy (non-hydrogen) atoms. The highest BCUT2D eigenvalue weighted by atomic mass is 16.7. The zero-order valence-electron chi connectivity index (χ0n) is 18.2. The second kappa shape index (κ2) is 7.37. The molecule has 1 saturated carbocycles. The second-order valence-corrected chi connectivity index (χ2v) is 9.03. The van der Waals surface area contributed by atoms with E-state index in [9.17, 15) is 0 Å². The normalized spacial score (nSPS) is 29.3. The van der Waals surface area contributed by atoms with Gasteiger partial charge < -0.3 is 11.1 Å². The van der Waals surface area contributed by atoms with E-state index in [2.05, 4.69) is 41.4 Å². The number of aliphatic imine (C=N–C) groups is 1. The zero-order chi connectivity index (χ0) is 21.6. The van der Waals surface area contributed by atoms with Gasteiger partial charge in [0.1, 0.15) is 0 Å². The van der Waals surface area contributed by atoms with Crippen LogP contribution in [-0.4, -0.2) is 30.7 Å². The first-order valence-electron chi connectivity index (χ1n) is 11.1. The molecule has 2 aromatic rings. The Morgan fingerprint density at radius 3 is 2.68 bits per heavy atom. The van der Waals surface area contributed by atoms with Gasteiger partial charge in [0, 0.05) is 24.1 Å². The second-order valence-electron chi connectivity index (χ2n) is 9.03. The van der Waals surface area contributed by atoms with Gasteiger partial charge in [-0.25, -0.2) is 19.7 Å². The molecule has 6 heteroatoms. The van der Waals surface area contributed by atoms with Gasteiger partial charge >= 0.3 is 0 Å². The topological polar surface area (TPSA) is 67.2 Å². The molecule has 0 aromatic heterocycles. The Labute approximate surface area is 183 Å². The van der Waals surface area contributed by atoms with Gasteiger partial charge in [-0.15, -0.1) is 0 Å². The van der Waals surface area contributed by atoms with Crippen LogP contribution in [0.1, 0.15) is 43.7 Å². The monoisotopic (exact) mass is 415 g/mol. The maximum absolute atomic E-state index is 7.34. The van der Waals surface area contributed by atoms with Crippen LogP contribution in [0.3, 0.4) is 0 Å². The first-order valence-corrected chi connectivity index (χ1v) is 11.1. The Balaban J connectivity index is 1.59. The van der Waals surface area contributed by atoms with E-state index in [1.807, 2.05) is 25.2 Å². The van der Waals surface area contributed by atoms with Crippen LogP contribution in [0.25, 0.3) is 16.0 Å². The number of hydrogen-bond donors (Lipinski definition) is 2. The average Bonchev–Trinajstić information content (AvgIpc) is 3.23. The van der Waals surface area contributed by atoms with Crippen LogP contribution in [0.5, 0.6) is 0 Å². The zero-order valence-corrected chi connectivity index (χ0v) is 18.2. The third kappa shape index (κ3) is 3.03. The molecule has 3 N–H and O–H groups in total. The van der Waals surface area contributed by atoms with Crippen molar-refractivity contribution in [3.05, 3.63) is 65.0 Å². The number of fused-ring (bicyclic) bond motifs is 3. The van der Waals surface area contributed by atoms with Crippen molar-refractivity contribution in [2.24, 2.45) is 16.1 Å². The number of hydroxylamine groups is 2. The van der Waals surface area contributed by atoms with E-state index >= 15 is 0 Å². The van der Waals surface area contributed by atoms with Gasteiger partial charge in [0.2, 0.25) is 11.7 Å². The molecule has 0 radical (unpaired) electrons. The summed E-state index contributed by atoms with van der Waals surface area (Å²) in [7, 11) is 1.84. The summed E-state index contributed by atoms with van der Waals surface area (Å²) in [6.07, 6.45) is 5.28. The van der Waals surface area contributed by atoms with Crippen LogP contribution in [-0.2, 0) is 17.0 Å². The van der Waals surface area contributed by atoms with E-state index in [-0.39, 0.29) is 5.41 Å². The molecule has 2 spiro atoms. The van der Waals surface area contributed by atoms with Crippen molar-refractivity contribution in [3.8, 4) is 11.1 Å². The van der Waals surface area contributed by atoms with Crippen molar-refractivity contribution in [1.82, 2.24) is 10.4 Å². The fourth-order valence-corrected chi connectivity index (χ4v) is 5.75. The Morgan fingerprint density at radius 1 is 1.23 bits per heavy atom.